The van der Waals surface area contributed by atoms with E-state index in [0.29, 0.717) is 13.0 Å². The van der Waals surface area contributed by atoms with Crippen molar-refractivity contribution in [2.75, 3.05) is 6.54 Å². The molecule has 1 fully saturated rings. The molecule has 0 bridgehead atoms. The highest BCUT2D eigenvalue weighted by Gasteiger charge is 2.29. The zero-order valence-corrected chi connectivity index (χ0v) is 13.4. The Bertz CT molecular complexity index is 461. The van der Waals surface area contributed by atoms with Crippen LogP contribution in [0.15, 0.2) is 4.99 Å². The van der Waals surface area contributed by atoms with Crippen LogP contribution in [-0.4, -0.2) is 35.6 Å². The van der Waals surface area contributed by atoms with E-state index >= 15 is 0 Å². The first-order chi connectivity index (χ1) is 9.60. The minimum atomic E-state index is -0.787. The van der Waals surface area contributed by atoms with Gasteiger partial charge in [-0.25, -0.2) is 4.79 Å². The Labute approximate surface area is 125 Å². The minimum Gasteiger partial charge on any atom is -0.442 e. The van der Waals surface area contributed by atoms with Gasteiger partial charge in [-0.15, -0.1) is 0 Å². The summed E-state index contributed by atoms with van der Waals surface area (Å²) in [6.07, 6.45) is 0.0458. The minimum absolute atomic E-state index is 0.0940. The van der Waals surface area contributed by atoms with Gasteiger partial charge in [0.15, 0.2) is 5.78 Å². The van der Waals surface area contributed by atoms with Crippen molar-refractivity contribution >= 4 is 23.5 Å². The second-order valence-electron chi connectivity index (χ2n) is 6.54. The lowest BCUT2D eigenvalue weighted by Gasteiger charge is -2.18. The maximum Gasteiger partial charge on any atom is 0.434 e. The average molecular weight is 296 g/mol. The molecule has 0 spiro atoms. The Morgan fingerprint density at radius 1 is 1.38 bits per heavy atom. The van der Waals surface area contributed by atoms with Crippen molar-refractivity contribution in [3.63, 3.8) is 0 Å². The molecular weight excluding hydrogens is 272 g/mol. The molecule has 1 rings (SSSR count). The van der Waals surface area contributed by atoms with Crippen LogP contribution < -0.4 is 5.32 Å². The first-order valence-electron chi connectivity index (χ1n) is 7.22. The summed E-state index contributed by atoms with van der Waals surface area (Å²) in [5, 5.41) is 2.71. The molecule has 1 heterocycles. The van der Waals surface area contributed by atoms with E-state index in [1.54, 1.807) is 34.6 Å². The summed E-state index contributed by atoms with van der Waals surface area (Å²) in [5.74, 6) is -0.895. The molecule has 21 heavy (non-hydrogen) atoms. The fourth-order valence-corrected chi connectivity index (χ4v) is 2.00. The van der Waals surface area contributed by atoms with E-state index in [1.807, 2.05) is 0 Å². The monoisotopic (exact) mass is 296 g/mol. The van der Waals surface area contributed by atoms with Gasteiger partial charge >= 0.3 is 6.09 Å². The van der Waals surface area contributed by atoms with Crippen LogP contribution >= 0.6 is 0 Å². The first-order valence-corrected chi connectivity index (χ1v) is 7.22. The smallest absolute Gasteiger partial charge is 0.434 e. The van der Waals surface area contributed by atoms with Crippen molar-refractivity contribution in [1.82, 2.24) is 5.32 Å². The Balaban J connectivity index is 2.88. The largest absolute Gasteiger partial charge is 0.442 e. The maximum atomic E-state index is 12.2. The summed E-state index contributed by atoms with van der Waals surface area (Å²) < 4.78 is 5.11. The lowest BCUT2D eigenvalue weighted by atomic mass is 9.94. The van der Waals surface area contributed by atoms with Crippen molar-refractivity contribution in [2.45, 2.75) is 53.1 Å². The molecule has 2 amide bonds. The standard InChI is InChI=1S/C15H24N2O4/c1-9(2)12(18)11(8-10-6-7-16-13(10)19)17-14(20)21-15(3,4)5/h9-10H,6-8H2,1-5H3,(H,16,19). The van der Waals surface area contributed by atoms with Crippen molar-refractivity contribution < 1.29 is 19.1 Å². The normalized spacial score (nSPS) is 19.6. The number of hydrogen-bond acceptors (Lipinski definition) is 4. The number of nitrogens with one attached hydrogen (secondary N) is 1. The van der Waals surface area contributed by atoms with Crippen LogP contribution in [0, 0.1) is 11.8 Å². The number of carbonyl (C=O) groups is 3. The molecule has 6 nitrogen and oxygen atoms in total. The molecular formula is C15H24N2O4. The van der Waals surface area contributed by atoms with Crippen molar-refractivity contribution in [3.8, 4) is 0 Å². The Morgan fingerprint density at radius 3 is 2.43 bits per heavy atom. The topological polar surface area (TPSA) is 84.8 Å². The van der Waals surface area contributed by atoms with E-state index in [1.165, 1.54) is 0 Å². The molecule has 6 heteroatoms. The van der Waals surface area contributed by atoms with Gasteiger partial charge in [0, 0.05) is 24.8 Å². The number of aliphatic imine (C=N–C) groups is 1. The van der Waals surface area contributed by atoms with Crippen molar-refractivity contribution in [2.24, 2.45) is 16.8 Å². The van der Waals surface area contributed by atoms with E-state index < -0.39 is 11.7 Å². The molecule has 0 aromatic rings. The number of ether oxygens (including phenoxy) is 1. The average Bonchev–Trinajstić information content (AvgIpc) is 2.70. The molecule has 1 aliphatic rings. The van der Waals surface area contributed by atoms with E-state index in [2.05, 4.69) is 10.3 Å². The van der Waals surface area contributed by atoms with Gasteiger partial charge in [0.05, 0.1) is 5.71 Å². The number of nitrogens with zero attached hydrogens (tertiary/aromatic N) is 1. The SMILES string of the molecule is CC(C)C(=O)C(CC1CCNC1=O)=NC(=O)OC(C)(C)C. The van der Waals surface area contributed by atoms with Gasteiger partial charge < -0.3 is 10.1 Å². The molecule has 1 atom stereocenters. The summed E-state index contributed by atoms with van der Waals surface area (Å²) in [4.78, 5) is 39.4. The maximum absolute atomic E-state index is 12.2. The third kappa shape index (κ3) is 5.65. The summed E-state index contributed by atoms with van der Waals surface area (Å²) in [7, 11) is 0. The molecule has 118 valence electrons. The quantitative estimate of drug-likeness (QED) is 0.805. The van der Waals surface area contributed by atoms with E-state index in [4.69, 9.17) is 4.74 Å². The third-order valence-electron chi connectivity index (χ3n) is 3.03. The van der Waals surface area contributed by atoms with E-state index in [-0.39, 0.29) is 35.7 Å². The number of rotatable bonds is 4. The third-order valence-corrected chi connectivity index (χ3v) is 3.03. The van der Waals surface area contributed by atoms with Crippen molar-refractivity contribution in [3.05, 3.63) is 0 Å². The predicted molar refractivity (Wildman–Crippen MR) is 79.2 cm³/mol. The highest BCUT2D eigenvalue weighted by atomic mass is 16.6. The van der Waals surface area contributed by atoms with Crippen LogP contribution in [0.3, 0.4) is 0 Å². The first kappa shape index (κ1) is 17.3. The number of hydrogen-bond donors (Lipinski definition) is 1. The van der Waals surface area contributed by atoms with Crippen LogP contribution in [0.4, 0.5) is 4.79 Å². The van der Waals surface area contributed by atoms with Crippen molar-refractivity contribution in [1.29, 1.82) is 0 Å². The summed E-state index contributed by atoms with van der Waals surface area (Å²) in [6, 6.07) is 0. The van der Waals surface area contributed by atoms with Crippen LogP contribution in [-0.2, 0) is 14.3 Å². The van der Waals surface area contributed by atoms with Gasteiger partial charge in [-0.1, -0.05) is 13.8 Å². The molecule has 0 aromatic carbocycles. The van der Waals surface area contributed by atoms with Crippen LogP contribution in [0.5, 0.6) is 0 Å². The zero-order valence-electron chi connectivity index (χ0n) is 13.4. The molecule has 1 saturated heterocycles. The molecule has 0 radical (unpaired) electrons. The van der Waals surface area contributed by atoms with Crippen LogP contribution in [0.2, 0.25) is 0 Å². The fourth-order valence-electron chi connectivity index (χ4n) is 2.00. The molecule has 1 aliphatic heterocycles. The lowest BCUT2D eigenvalue weighted by molar-refractivity contribution is -0.122. The summed E-state index contributed by atoms with van der Waals surface area (Å²) in [6.45, 7) is 9.26. The highest BCUT2D eigenvalue weighted by Crippen LogP contribution is 2.17. The number of carbonyl (C=O) groups excluding carboxylic acids is 3. The Kier molecular flexibility index (Phi) is 5.63. The molecule has 0 aromatic heterocycles. The van der Waals surface area contributed by atoms with Crippen LogP contribution in [0.1, 0.15) is 47.5 Å². The predicted octanol–water partition coefficient (Wildman–Crippen LogP) is 2.11. The van der Waals surface area contributed by atoms with Gasteiger partial charge in [-0.2, -0.15) is 4.99 Å². The van der Waals surface area contributed by atoms with Gasteiger partial charge in [0.2, 0.25) is 5.91 Å². The fraction of sp³-hybridized carbons (Fsp3) is 0.733. The molecule has 0 aliphatic carbocycles. The number of amides is 2. The van der Waals surface area contributed by atoms with E-state index in [0.717, 1.165) is 0 Å². The summed E-state index contributed by atoms with van der Waals surface area (Å²) in [5.41, 5.74) is -0.543. The zero-order chi connectivity index (χ0) is 16.2. The second-order valence-corrected chi connectivity index (χ2v) is 6.54. The highest BCUT2D eigenvalue weighted by molar-refractivity contribution is 6.42. The number of ketones is 1. The van der Waals surface area contributed by atoms with Gasteiger partial charge in [0.25, 0.3) is 0 Å². The van der Waals surface area contributed by atoms with Gasteiger partial charge in [-0.05, 0) is 27.2 Å². The Hall–Kier alpha value is -1.72. The van der Waals surface area contributed by atoms with Gasteiger partial charge in [0.1, 0.15) is 5.60 Å². The lowest BCUT2D eigenvalue weighted by Crippen LogP contribution is -2.29. The van der Waals surface area contributed by atoms with E-state index in [9.17, 15) is 14.4 Å². The summed E-state index contributed by atoms with van der Waals surface area (Å²) >= 11 is 0. The second kappa shape index (κ2) is 6.83. The molecule has 1 N–H and O–H groups in total. The van der Waals surface area contributed by atoms with Crippen LogP contribution in [0.25, 0.3) is 0 Å². The number of Topliss-reactive ketones (excluding diaryl/α,β-unsaturated/α-hetero) is 1. The molecule has 0 saturated carbocycles. The Morgan fingerprint density at radius 2 is 2.00 bits per heavy atom. The molecule has 1 unspecified atom stereocenters. The van der Waals surface area contributed by atoms with Gasteiger partial charge in [-0.3, -0.25) is 9.59 Å².